The molecule has 2 N–H and O–H groups in total. The van der Waals surface area contributed by atoms with Crippen molar-refractivity contribution in [3.8, 4) is 5.75 Å². The van der Waals surface area contributed by atoms with Crippen molar-refractivity contribution >= 4 is 16.6 Å². The number of fused-ring (bicyclic) bond motifs is 1. The third-order valence-corrected chi connectivity index (χ3v) is 3.19. The molecule has 3 rings (SSSR count). The summed E-state index contributed by atoms with van der Waals surface area (Å²) in [6.07, 6.45) is 0. The van der Waals surface area contributed by atoms with Crippen LogP contribution in [0.1, 0.15) is 11.3 Å². The lowest BCUT2D eigenvalue weighted by Crippen LogP contribution is -1.99. The van der Waals surface area contributed by atoms with E-state index in [0.717, 1.165) is 27.9 Å². The predicted molar refractivity (Wildman–Crippen MR) is 81.7 cm³/mol. The van der Waals surface area contributed by atoms with E-state index in [1.807, 2.05) is 61.5 Å². The number of nitrogens with two attached hydrogens (primary N) is 1. The quantitative estimate of drug-likeness (QED) is 0.784. The number of rotatable bonds is 3. The van der Waals surface area contributed by atoms with Gasteiger partial charge in [0.15, 0.2) is 0 Å². The van der Waals surface area contributed by atoms with Gasteiger partial charge in [0, 0.05) is 11.4 Å². The highest BCUT2D eigenvalue weighted by atomic mass is 16.5. The van der Waals surface area contributed by atoms with E-state index in [9.17, 15) is 0 Å². The second kappa shape index (κ2) is 5.21. The van der Waals surface area contributed by atoms with Gasteiger partial charge in [-0.05, 0) is 30.7 Å². The second-order valence-corrected chi connectivity index (χ2v) is 4.78. The molecule has 1 aromatic heterocycles. The lowest BCUT2D eigenvalue weighted by Gasteiger charge is -2.11. The summed E-state index contributed by atoms with van der Waals surface area (Å²) in [4.78, 5) is 4.49. The highest BCUT2D eigenvalue weighted by Gasteiger charge is 2.07. The minimum absolute atomic E-state index is 0.521. The Bertz CT molecular complexity index is 739. The maximum absolute atomic E-state index is 6.11. The number of ether oxygens (including phenoxy) is 1. The minimum atomic E-state index is 0.521. The maximum Gasteiger partial charge on any atom is 0.131 e. The number of hydrogen-bond acceptors (Lipinski definition) is 3. The average molecular weight is 264 g/mol. The SMILES string of the molecule is Cc1cc(N)c2c(OCc3ccccc3)cccc2n1. The molecular formula is C17H16N2O. The molecule has 100 valence electrons. The molecule has 0 saturated carbocycles. The Labute approximate surface area is 118 Å². The standard InChI is InChI=1S/C17H16N2O/c1-12-10-14(18)17-15(19-12)8-5-9-16(17)20-11-13-6-3-2-4-7-13/h2-10H,11H2,1H3,(H2,18,19). The van der Waals surface area contributed by atoms with Crippen molar-refractivity contribution in [1.29, 1.82) is 0 Å². The van der Waals surface area contributed by atoms with E-state index in [4.69, 9.17) is 10.5 Å². The minimum Gasteiger partial charge on any atom is -0.488 e. The molecule has 0 aliphatic heterocycles. The zero-order valence-corrected chi connectivity index (χ0v) is 11.3. The molecule has 1 heterocycles. The van der Waals surface area contributed by atoms with E-state index >= 15 is 0 Å². The first-order valence-corrected chi connectivity index (χ1v) is 6.56. The monoisotopic (exact) mass is 264 g/mol. The maximum atomic E-state index is 6.11. The van der Waals surface area contributed by atoms with Crippen LogP contribution in [0.5, 0.6) is 5.75 Å². The Morgan fingerprint density at radius 2 is 1.85 bits per heavy atom. The molecule has 0 unspecified atom stereocenters. The molecule has 0 bridgehead atoms. The van der Waals surface area contributed by atoms with Crippen molar-refractivity contribution in [2.45, 2.75) is 13.5 Å². The fourth-order valence-corrected chi connectivity index (χ4v) is 2.28. The van der Waals surface area contributed by atoms with E-state index in [0.29, 0.717) is 12.3 Å². The molecule has 20 heavy (non-hydrogen) atoms. The summed E-state index contributed by atoms with van der Waals surface area (Å²) in [6, 6.07) is 17.8. The van der Waals surface area contributed by atoms with Crippen LogP contribution in [-0.4, -0.2) is 4.98 Å². The Kier molecular flexibility index (Phi) is 3.25. The third-order valence-electron chi connectivity index (χ3n) is 3.19. The number of benzene rings is 2. The molecule has 0 aliphatic rings. The van der Waals surface area contributed by atoms with E-state index in [1.54, 1.807) is 0 Å². The molecule has 3 aromatic rings. The van der Waals surface area contributed by atoms with Crippen LogP contribution in [-0.2, 0) is 6.61 Å². The molecule has 0 saturated heterocycles. The lowest BCUT2D eigenvalue weighted by atomic mass is 10.1. The van der Waals surface area contributed by atoms with Gasteiger partial charge in [-0.3, -0.25) is 4.98 Å². The van der Waals surface area contributed by atoms with Crippen molar-refractivity contribution in [3.63, 3.8) is 0 Å². The molecule has 0 aliphatic carbocycles. The van der Waals surface area contributed by atoms with Crippen molar-refractivity contribution < 1.29 is 4.74 Å². The van der Waals surface area contributed by atoms with Gasteiger partial charge >= 0.3 is 0 Å². The van der Waals surface area contributed by atoms with Crippen LogP contribution in [0.2, 0.25) is 0 Å². The molecule has 0 spiro atoms. The summed E-state index contributed by atoms with van der Waals surface area (Å²) in [5.74, 6) is 0.774. The topological polar surface area (TPSA) is 48.1 Å². The van der Waals surface area contributed by atoms with Gasteiger partial charge in [-0.15, -0.1) is 0 Å². The number of pyridine rings is 1. The number of hydrogen-bond donors (Lipinski definition) is 1. The second-order valence-electron chi connectivity index (χ2n) is 4.78. The van der Waals surface area contributed by atoms with Crippen LogP contribution in [0.3, 0.4) is 0 Å². The summed E-state index contributed by atoms with van der Waals surface area (Å²) < 4.78 is 5.91. The van der Waals surface area contributed by atoms with Gasteiger partial charge in [0.05, 0.1) is 10.9 Å². The van der Waals surface area contributed by atoms with Gasteiger partial charge in [-0.1, -0.05) is 36.4 Å². The van der Waals surface area contributed by atoms with Crippen LogP contribution in [0, 0.1) is 6.92 Å². The van der Waals surface area contributed by atoms with Gasteiger partial charge in [0.25, 0.3) is 0 Å². The number of aromatic nitrogens is 1. The van der Waals surface area contributed by atoms with E-state index in [-0.39, 0.29) is 0 Å². The predicted octanol–water partition coefficient (Wildman–Crippen LogP) is 3.70. The highest BCUT2D eigenvalue weighted by Crippen LogP contribution is 2.30. The smallest absolute Gasteiger partial charge is 0.131 e. The number of aryl methyl sites for hydroxylation is 1. The van der Waals surface area contributed by atoms with Gasteiger partial charge in [-0.2, -0.15) is 0 Å². The Morgan fingerprint density at radius 3 is 2.65 bits per heavy atom. The zero-order chi connectivity index (χ0) is 13.9. The summed E-state index contributed by atoms with van der Waals surface area (Å²) in [5.41, 5.74) is 9.72. The molecule has 3 nitrogen and oxygen atoms in total. The molecule has 2 aromatic carbocycles. The molecular weight excluding hydrogens is 248 g/mol. The van der Waals surface area contributed by atoms with Gasteiger partial charge in [0.2, 0.25) is 0 Å². The van der Waals surface area contributed by atoms with Crippen LogP contribution < -0.4 is 10.5 Å². The largest absolute Gasteiger partial charge is 0.488 e. The van der Waals surface area contributed by atoms with E-state index < -0.39 is 0 Å². The Morgan fingerprint density at radius 1 is 1.05 bits per heavy atom. The number of nitrogen functional groups attached to an aromatic ring is 1. The van der Waals surface area contributed by atoms with Crippen LogP contribution >= 0.6 is 0 Å². The molecule has 3 heteroatoms. The molecule has 0 amide bonds. The van der Waals surface area contributed by atoms with Crippen LogP contribution in [0.15, 0.2) is 54.6 Å². The Balaban J connectivity index is 1.96. The third kappa shape index (κ3) is 2.43. The van der Waals surface area contributed by atoms with Gasteiger partial charge in [0.1, 0.15) is 12.4 Å². The van der Waals surface area contributed by atoms with Gasteiger partial charge < -0.3 is 10.5 Å². The van der Waals surface area contributed by atoms with Crippen LogP contribution in [0.25, 0.3) is 10.9 Å². The zero-order valence-electron chi connectivity index (χ0n) is 11.3. The molecule has 0 atom stereocenters. The van der Waals surface area contributed by atoms with E-state index in [1.165, 1.54) is 0 Å². The fraction of sp³-hybridized carbons (Fsp3) is 0.118. The normalized spacial score (nSPS) is 10.7. The highest BCUT2D eigenvalue weighted by molar-refractivity contribution is 5.95. The summed E-state index contributed by atoms with van der Waals surface area (Å²) in [5, 5.41) is 0.883. The summed E-state index contributed by atoms with van der Waals surface area (Å²) in [6.45, 7) is 2.46. The van der Waals surface area contributed by atoms with Crippen molar-refractivity contribution in [2.75, 3.05) is 5.73 Å². The summed E-state index contributed by atoms with van der Waals surface area (Å²) in [7, 11) is 0. The van der Waals surface area contributed by atoms with Crippen molar-refractivity contribution in [3.05, 3.63) is 65.9 Å². The summed E-state index contributed by atoms with van der Waals surface area (Å²) >= 11 is 0. The van der Waals surface area contributed by atoms with Crippen molar-refractivity contribution in [2.24, 2.45) is 0 Å². The first kappa shape index (κ1) is 12.5. The Hall–Kier alpha value is -2.55. The lowest BCUT2D eigenvalue weighted by molar-refractivity contribution is 0.310. The first-order valence-electron chi connectivity index (χ1n) is 6.56. The molecule has 0 radical (unpaired) electrons. The average Bonchev–Trinajstić information content (AvgIpc) is 2.45. The number of anilines is 1. The van der Waals surface area contributed by atoms with Gasteiger partial charge in [-0.25, -0.2) is 0 Å². The number of nitrogens with zero attached hydrogens (tertiary/aromatic N) is 1. The van der Waals surface area contributed by atoms with E-state index in [2.05, 4.69) is 4.98 Å². The first-order chi connectivity index (χ1) is 9.74. The van der Waals surface area contributed by atoms with Crippen LogP contribution in [0.4, 0.5) is 5.69 Å². The molecule has 0 fully saturated rings. The fourth-order valence-electron chi connectivity index (χ4n) is 2.28. The van der Waals surface area contributed by atoms with Crippen molar-refractivity contribution in [1.82, 2.24) is 4.98 Å².